The van der Waals surface area contributed by atoms with Crippen LogP contribution in [-0.2, 0) is 6.42 Å². The highest BCUT2D eigenvalue weighted by molar-refractivity contribution is 8.14. The molecule has 1 aliphatic carbocycles. The van der Waals surface area contributed by atoms with Crippen LogP contribution in [0.1, 0.15) is 56.7 Å². The first-order chi connectivity index (χ1) is 10.3. The fraction of sp³-hybridized carbons (Fsp3) is 0.611. The second-order valence-corrected chi connectivity index (χ2v) is 7.39. The zero-order valence-corrected chi connectivity index (χ0v) is 14.0. The number of aliphatic imine (C=N–C) groups is 1. The molecule has 0 spiro atoms. The van der Waals surface area contributed by atoms with Crippen molar-refractivity contribution in [3.05, 3.63) is 35.4 Å². The zero-order valence-electron chi connectivity index (χ0n) is 13.1. The monoisotopic (exact) mass is 302 g/mol. The van der Waals surface area contributed by atoms with Crippen LogP contribution in [0.2, 0.25) is 0 Å². The Labute approximate surface area is 132 Å². The summed E-state index contributed by atoms with van der Waals surface area (Å²) in [6.45, 7) is 5.60. The molecule has 0 saturated carbocycles. The molecule has 2 unspecified atom stereocenters. The number of rotatable bonds is 4. The molecule has 21 heavy (non-hydrogen) atoms. The lowest BCUT2D eigenvalue weighted by Gasteiger charge is -2.27. The molecule has 2 nitrogen and oxygen atoms in total. The molecule has 0 aromatic heterocycles. The number of aryl methyl sites for hydroxylation is 1. The molecular weight excluding hydrogens is 276 g/mol. The Kier molecular flexibility index (Phi) is 4.89. The highest BCUT2D eigenvalue weighted by atomic mass is 32.2. The van der Waals surface area contributed by atoms with Crippen molar-refractivity contribution in [2.24, 2.45) is 10.9 Å². The third kappa shape index (κ3) is 3.28. The van der Waals surface area contributed by atoms with E-state index in [1.54, 1.807) is 0 Å². The van der Waals surface area contributed by atoms with Gasteiger partial charge in [-0.15, -0.1) is 0 Å². The quantitative estimate of drug-likeness (QED) is 0.881. The number of fused-ring (bicyclic) bond motifs is 1. The standard InChI is InChI=1S/C18H26N2S/c1-3-13(4-2)17-12-19-18(21-17)20-16-11-7-9-14-8-5-6-10-15(14)16/h5-6,8,10,13,16-17H,3-4,7,9,11-12H2,1-2H3,(H,19,20). The molecule has 0 bridgehead atoms. The normalized spacial score (nSPS) is 24.8. The van der Waals surface area contributed by atoms with E-state index in [9.17, 15) is 0 Å². The summed E-state index contributed by atoms with van der Waals surface area (Å²) >= 11 is 1.98. The van der Waals surface area contributed by atoms with Crippen molar-refractivity contribution in [1.29, 1.82) is 0 Å². The van der Waals surface area contributed by atoms with Crippen LogP contribution in [0.3, 0.4) is 0 Å². The summed E-state index contributed by atoms with van der Waals surface area (Å²) < 4.78 is 0. The minimum Gasteiger partial charge on any atom is -0.358 e. The van der Waals surface area contributed by atoms with Crippen molar-refractivity contribution in [3.8, 4) is 0 Å². The van der Waals surface area contributed by atoms with Gasteiger partial charge in [-0.05, 0) is 36.3 Å². The topological polar surface area (TPSA) is 24.4 Å². The fourth-order valence-corrected chi connectivity index (χ4v) is 4.96. The number of hydrogen-bond acceptors (Lipinski definition) is 3. The molecule has 0 amide bonds. The summed E-state index contributed by atoms with van der Waals surface area (Å²) in [6.07, 6.45) is 6.27. The van der Waals surface area contributed by atoms with E-state index >= 15 is 0 Å². The van der Waals surface area contributed by atoms with Gasteiger partial charge in [0.2, 0.25) is 0 Å². The maximum Gasteiger partial charge on any atom is 0.157 e. The predicted molar refractivity (Wildman–Crippen MR) is 93.0 cm³/mol. The molecule has 1 aliphatic heterocycles. The highest BCUT2D eigenvalue weighted by Crippen LogP contribution is 2.34. The maximum atomic E-state index is 4.77. The van der Waals surface area contributed by atoms with Gasteiger partial charge in [-0.3, -0.25) is 4.99 Å². The van der Waals surface area contributed by atoms with E-state index in [-0.39, 0.29) is 0 Å². The second-order valence-electron chi connectivity index (χ2n) is 6.17. The molecule has 3 rings (SSSR count). The summed E-state index contributed by atoms with van der Waals surface area (Å²) in [5.74, 6) is 0.802. The van der Waals surface area contributed by atoms with E-state index in [1.165, 1.54) is 48.4 Å². The van der Waals surface area contributed by atoms with Crippen molar-refractivity contribution in [3.63, 3.8) is 0 Å². The van der Waals surface area contributed by atoms with Crippen LogP contribution in [-0.4, -0.2) is 17.0 Å². The smallest absolute Gasteiger partial charge is 0.157 e. The third-order valence-corrected chi connectivity index (χ3v) is 6.23. The van der Waals surface area contributed by atoms with Crippen LogP contribution in [0.15, 0.2) is 29.3 Å². The summed E-state index contributed by atoms with van der Waals surface area (Å²) in [5, 5.41) is 5.58. The number of benzene rings is 1. The molecule has 2 aliphatic rings. The average molecular weight is 302 g/mol. The SMILES string of the molecule is CCC(CC)C1CN=C(NC2CCCc3ccccc32)S1. The van der Waals surface area contributed by atoms with Gasteiger partial charge in [-0.25, -0.2) is 0 Å². The molecule has 3 heteroatoms. The fourth-order valence-electron chi connectivity index (χ4n) is 3.58. The minimum atomic E-state index is 0.460. The van der Waals surface area contributed by atoms with Gasteiger partial charge in [0.1, 0.15) is 0 Å². The Morgan fingerprint density at radius 3 is 2.90 bits per heavy atom. The minimum absolute atomic E-state index is 0.460. The predicted octanol–water partition coefficient (Wildman–Crippen LogP) is 4.56. The van der Waals surface area contributed by atoms with Gasteiger partial charge in [0.25, 0.3) is 0 Å². The highest BCUT2D eigenvalue weighted by Gasteiger charge is 2.28. The average Bonchev–Trinajstić information content (AvgIpc) is 2.97. The first-order valence-corrected chi connectivity index (χ1v) is 9.25. The number of hydrogen-bond donors (Lipinski definition) is 1. The van der Waals surface area contributed by atoms with Gasteiger partial charge in [0.05, 0.1) is 12.6 Å². The Morgan fingerprint density at radius 2 is 2.10 bits per heavy atom. The molecule has 2 atom stereocenters. The lowest BCUT2D eigenvalue weighted by molar-refractivity contribution is 0.479. The van der Waals surface area contributed by atoms with Gasteiger partial charge >= 0.3 is 0 Å². The Bertz CT molecular complexity index is 508. The van der Waals surface area contributed by atoms with Gasteiger partial charge in [0.15, 0.2) is 5.17 Å². The van der Waals surface area contributed by atoms with Gasteiger partial charge in [-0.1, -0.05) is 62.7 Å². The van der Waals surface area contributed by atoms with Gasteiger partial charge < -0.3 is 5.32 Å². The molecule has 0 fully saturated rings. The van der Waals surface area contributed by atoms with Gasteiger partial charge in [-0.2, -0.15) is 0 Å². The number of amidine groups is 1. The van der Waals surface area contributed by atoms with Crippen molar-refractivity contribution in [2.75, 3.05) is 6.54 Å². The van der Waals surface area contributed by atoms with E-state index in [0.717, 1.165) is 12.5 Å². The number of nitrogens with one attached hydrogen (secondary N) is 1. The summed E-state index contributed by atoms with van der Waals surface area (Å²) in [7, 11) is 0. The summed E-state index contributed by atoms with van der Waals surface area (Å²) in [6, 6.07) is 9.34. The first kappa shape index (κ1) is 15.0. The van der Waals surface area contributed by atoms with E-state index in [2.05, 4.69) is 43.4 Å². The molecule has 114 valence electrons. The molecule has 1 heterocycles. The van der Waals surface area contributed by atoms with Crippen LogP contribution < -0.4 is 5.32 Å². The van der Waals surface area contributed by atoms with Crippen LogP contribution in [0.5, 0.6) is 0 Å². The van der Waals surface area contributed by atoms with E-state index in [1.807, 2.05) is 11.8 Å². The Hall–Kier alpha value is -0.960. The van der Waals surface area contributed by atoms with Crippen LogP contribution in [0, 0.1) is 5.92 Å². The van der Waals surface area contributed by atoms with Crippen molar-refractivity contribution in [1.82, 2.24) is 5.32 Å². The first-order valence-electron chi connectivity index (χ1n) is 8.37. The van der Waals surface area contributed by atoms with Crippen LogP contribution in [0.25, 0.3) is 0 Å². The number of thioether (sulfide) groups is 1. The number of nitrogens with zero attached hydrogens (tertiary/aromatic N) is 1. The van der Waals surface area contributed by atoms with Crippen molar-refractivity contribution in [2.45, 2.75) is 57.2 Å². The molecule has 1 N–H and O–H groups in total. The molecular formula is C18H26N2S. The Balaban J connectivity index is 1.64. The Morgan fingerprint density at radius 1 is 1.29 bits per heavy atom. The van der Waals surface area contributed by atoms with Gasteiger partial charge in [0, 0.05) is 5.25 Å². The van der Waals surface area contributed by atoms with Crippen molar-refractivity contribution < 1.29 is 0 Å². The lowest BCUT2D eigenvalue weighted by atomic mass is 9.88. The summed E-state index contributed by atoms with van der Waals surface area (Å²) in [4.78, 5) is 4.77. The summed E-state index contributed by atoms with van der Waals surface area (Å²) in [5.41, 5.74) is 3.00. The molecule has 0 radical (unpaired) electrons. The molecule has 1 aromatic rings. The molecule has 1 aromatic carbocycles. The van der Waals surface area contributed by atoms with E-state index in [4.69, 9.17) is 4.99 Å². The molecule has 0 saturated heterocycles. The second kappa shape index (κ2) is 6.87. The third-order valence-electron chi connectivity index (χ3n) is 4.92. The van der Waals surface area contributed by atoms with E-state index < -0.39 is 0 Å². The van der Waals surface area contributed by atoms with E-state index in [0.29, 0.717) is 11.3 Å². The lowest BCUT2D eigenvalue weighted by Crippen LogP contribution is -2.29. The maximum absolute atomic E-state index is 4.77. The van der Waals surface area contributed by atoms with Crippen LogP contribution in [0.4, 0.5) is 0 Å². The van der Waals surface area contributed by atoms with Crippen molar-refractivity contribution >= 4 is 16.9 Å². The largest absolute Gasteiger partial charge is 0.358 e. The van der Waals surface area contributed by atoms with Crippen LogP contribution >= 0.6 is 11.8 Å². The zero-order chi connectivity index (χ0) is 14.7.